The molecule has 1 unspecified atom stereocenters. The molecule has 0 aliphatic carbocycles. The van der Waals surface area contributed by atoms with Crippen LogP contribution in [0.25, 0.3) is 0 Å². The third kappa shape index (κ3) is 2.25. The lowest BCUT2D eigenvalue weighted by Crippen LogP contribution is -2.12. The van der Waals surface area contributed by atoms with Crippen LogP contribution in [0.15, 0.2) is 12.1 Å². The summed E-state index contributed by atoms with van der Waals surface area (Å²) < 4.78 is 5.18. The van der Waals surface area contributed by atoms with Crippen molar-refractivity contribution < 1.29 is 14.6 Å². The van der Waals surface area contributed by atoms with Crippen molar-refractivity contribution in [2.45, 2.75) is 33.3 Å². The van der Waals surface area contributed by atoms with Crippen LogP contribution in [-0.4, -0.2) is 18.0 Å². The van der Waals surface area contributed by atoms with Gasteiger partial charge in [0.05, 0.1) is 7.11 Å². The Bertz CT molecular complexity index is 396. The van der Waals surface area contributed by atoms with Crippen molar-refractivity contribution in [2.75, 3.05) is 7.11 Å². The molecule has 0 aliphatic heterocycles. The van der Waals surface area contributed by atoms with E-state index in [0.717, 1.165) is 16.9 Å². The van der Waals surface area contributed by atoms with Crippen molar-refractivity contribution in [3.8, 4) is 5.75 Å². The highest BCUT2D eigenvalue weighted by molar-refractivity contribution is 5.84. The first-order chi connectivity index (χ1) is 7.52. The van der Waals surface area contributed by atoms with E-state index in [4.69, 9.17) is 4.74 Å². The zero-order valence-corrected chi connectivity index (χ0v) is 10.2. The van der Waals surface area contributed by atoms with Gasteiger partial charge in [0.1, 0.15) is 11.9 Å². The monoisotopic (exact) mass is 222 g/mol. The highest BCUT2D eigenvalue weighted by Crippen LogP contribution is 2.28. The van der Waals surface area contributed by atoms with Gasteiger partial charge in [0.15, 0.2) is 5.78 Å². The molecule has 0 bridgehead atoms. The quantitative estimate of drug-likeness (QED) is 0.850. The Hall–Kier alpha value is -1.35. The van der Waals surface area contributed by atoms with E-state index in [9.17, 15) is 9.90 Å². The molecule has 0 heterocycles. The summed E-state index contributed by atoms with van der Waals surface area (Å²) in [7, 11) is 1.61. The Labute approximate surface area is 96.1 Å². The first-order valence-corrected chi connectivity index (χ1v) is 5.37. The minimum absolute atomic E-state index is 0.160. The van der Waals surface area contributed by atoms with Crippen LogP contribution in [0.3, 0.4) is 0 Å². The molecule has 1 N–H and O–H groups in total. The van der Waals surface area contributed by atoms with Gasteiger partial charge < -0.3 is 9.84 Å². The van der Waals surface area contributed by atoms with Crippen molar-refractivity contribution in [3.63, 3.8) is 0 Å². The number of ether oxygens (including phenoxy) is 1. The third-order valence-corrected chi connectivity index (χ3v) is 2.95. The number of ketones is 1. The third-order valence-electron chi connectivity index (χ3n) is 2.95. The summed E-state index contributed by atoms with van der Waals surface area (Å²) in [5, 5.41) is 9.87. The predicted octanol–water partition coefficient (Wildman–Crippen LogP) is 2.32. The molecule has 0 spiro atoms. The molecule has 1 atom stereocenters. The first-order valence-electron chi connectivity index (χ1n) is 5.37. The van der Waals surface area contributed by atoms with E-state index in [2.05, 4.69) is 0 Å². The number of methoxy groups -OCH3 is 1. The second kappa shape index (κ2) is 5.12. The van der Waals surface area contributed by atoms with Crippen LogP contribution < -0.4 is 4.74 Å². The highest BCUT2D eigenvalue weighted by Gasteiger charge is 2.19. The molecule has 16 heavy (non-hydrogen) atoms. The molecule has 1 aromatic carbocycles. The van der Waals surface area contributed by atoms with Crippen LogP contribution in [0.5, 0.6) is 5.75 Å². The zero-order chi connectivity index (χ0) is 12.3. The zero-order valence-electron chi connectivity index (χ0n) is 10.2. The van der Waals surface area contributed by atoms with Crippen LogP contribution in [0.2, 0.25) is 0 Å². The molecule has 3 heteroatoms. The van der Waals surface area contributed by atoms with Gasteiger partial charge in [0.2, 0.25) is 0 Å². The van der Waals surface area contributed by atoms with Crippen LogP contribution in [0.4, 0.5) is 0 Å². The molecular formula is C13H18O3. The van der Waals surface area contributed by atoms with Gasteiger partial charge in [-0.2, -0.15) is 0 Å². The molecule has 88 valence electrons. The average molecular weight is 222 g/mol. The topological polar surface area (TPSA) is 46.5 Å². The summed E-state index contributed by atoms with van der Waals surface area (Å²) in [4.78, 5) is 11.4. The molecule has 3 nitrogen and oxygen atoms in total. The number of hydrogen-bond acceptors (Lipinski definition) is 3. The van der Waals surface area contributed by atoms with Crippen LogP contribution in [0.1, 0.15) is 36.1 Å². The van der Waals surface area contributed by atoms with Crippen molar-refractivity contribution in [2.24, 2.45) is 0 Å². The molecule has 0 saturated heterocycles. The fraction of sp³-hybridized carbons (Fsp3) is 0.462. The van der Waals surface area contributed by atoms with E-state index in [1.807, 2.05) is 13.8 Å². The lowest BCUT2D eigenvalue weighted by atomic mass is 9.95. The second-order valence-electron chi connectivity index (χ2n) is 3.83. The summed E-state index contributed by atoms with van der Waals surface area (Å²) in [6.07, 6.45) is -0.680. The molecule has 0 fully saturated rings. The van der Waals surface area contributed by atoms with Crippen molar-refractivity contribution >= 4 is 5.78 Å². The van der Waals surface area contributed by atoms with Gasteiger partial charge >= 0.3 is 0 Å². The Morgan fingerprint density at radius 2 is 2.00 bits per heavy atom. The van der Waals surface area contributed by atoms with Crippen LogP contribution in [0, 0.1) is 13.8 Å². The fourth-order valence-corrected chi connectivity index (χ4v) is 1.70. The van der Waals surface area contributed by atoms with Gasteiger partial charge in [-0.3, -0.25) is 4.79 Å². The van der Waals surface area contributed by atoms with Gasteiger partial charge in [-0.25, -0.2) is 0 Å². The van der Waals surface area contributed by atoms with E-state index < -0.39 is 6.10 Å². The number of aliphatic hydroxyl groups excluding tert-OH is 1. The Balaban J connectivity index is 3.17. The van der Waals surface area contributed by atoms with Crippen molar-refractivity contribution in [1.82, 2.24) is 0 Å². The fourth-order valence-electron chi connectivity index (χ4n) is 1.70. The molecule has 1 aromatic rings. The molecule has 0 aromatic heterocycles. The van der Waals surface area contributed by atoms with Gasteiger partial charge in [0.25, 0.3) is 0 Å². The number of carbonyl (C=O) groups is 1. The summed E-state index contributed by atoms with van der Waals surface area (Å²) in [6.45, 7) is 5.55. The van der Waals surface area contributed by atoms with Gasteiger partial charge in [0, 0.05) is 6.42 Å². The van der Waals surface area contributed by atoms with Crippen molar-refractivity contribution in [3.05, 3.63) is 28.8 Å². The standard InChI is InChI=1S/C13H18O3/c1-5-11(14)13(15)10-6-7-12(16-4)9(3)8(10)2/h6-7,13,15H,5H2,1-4H3. The number of carbonyl (C=O) groups excluding carboxylic acids is 1. The second-order valence-corrected chi connectivity index (χ2v) is 3.83. The van der Waals surface area contributed by atoms with E-state index >= 15 is 0 Å². The lowest BCUT2D eigenvalue weighted by Gasteiger charge is -2.16. The average Bonchev–Trinajstić information content (AvgIpc) is 2.30. The summed E-state index contributed by atoms with van der Waals surface area (Å²) in [5.41, 5.74) is 2.54. The first kappa shape index (κ1) is 12.7. The summed E-state index contributed by atoms with van der Waals surface area (Å²) in [5.74, 6) is 0.616. The van der Waals surface area contributed by atoms with Gasteiger partial charge in [-0.1, -0.05) is 13.0 Å². The van der Waals surface area contributed by atoms with Crippen LogP contribution in [-0.2, 0) is 4.79 Å². The van der Waals surface area contributed by atoms with E-state index in [0.29, 0.717) is 12.0 Å². The number of aliphatic hydroxyl groups is 1. The molecule has 0 saturated carbocycles. The molecule has 0 aliphatic rings. The number of hydrogen-bond donors (Lipinski definition) is 1. The van der Waals surface area contributed by atoms with E-state index in [-0.39, 0.29) is 5.78 Å². The van der Waals surface area contributed by atoms with E-state index in [1.165, 1.54) is 0 Å². The minimum atomic E-state index is -1.02. The normalized spacial score (nSPS) is 12.3. The molecule has 1 rings (SSSR count). The smallest absolute Gasteiger partial charge is 0.165 e. The Morgan fingerprint density at radius 3 is 2.50 bits per heavy atom. The van der Waals surface area contributed by atoms with Crippen molar-refractivity contribution in [1.29, 1.82) is 0 Å². The maximum atomic E-state index is 11.4. The number of benzene rings is 1. The lowest BCUT2D eigenvalue weighted by molar-refractivity contribution is -0.127. The van der Waals surface area contributed by atoms with Gasteiger partial charge in [-0.15, -0.1) is 0 Å². The maximum absolute atomic E-state index is 11.4. The predicted molar refractivity (Wildman–Crippen MR) is 62.7 cm³/mol. The minimum Gasteiger partial charge on any atom is -0.496 e. The maximum Gasteiger partial charge on any atom is 0.165 e. The molecular weight excluding hydrogens is 204 g/mol. The number of rotatable bonds is 4. The summed E-state index contributed by atoms with van der Waals surface area (Å²) >= 11 is 0. The van der Waals surface area contributed by atoms with Gasteiger partial charge in [-0.05, 0) is 36.6 Å². The summed E-state index contributed by atoms with van der Waals surface area (Å²) in [6, 6.07) is 3.53. The SMILES string of the molecule is CCC(=O)C(O)c1ccc(OC)c(C)c1C. The molecule has 0 radical (unpaired) electrons. The largest absolute Gasteiger partial charge is 0.496 e. The Morgan fingerprint density at radius 1 is 1.38 bits per heavy atom. The molecule has 0 amide bonds. The Kier molecular flexibility index (Phi) is 4.07. The van der Waals surface area contributed by atoms with E-state index in [1.54, 1.807) is 26.2 Å². The highest BCUT2D eigenvalue weighted by atomic mass is 16.5. The van der Waals surface area contributed by atoms with Crippen LogP contribution >= 0.6 is 0 Å². The number of Topliss-reactive ketones (excluding diaryl/α,β-unsaturated/α-hetero) is 1.